The number of anilines is 1. The zero-order valence-electron chi connectivity index (χ0n) is 9.77. The first kappa shape index (κ1) is 11.5. The first-order valence-electron chi connectivity index (χ1n) is 5.13. The first-order chi connectivity index (χ1) is 8.24. The monoisotopic (exact) mass is 234 g/mol. The quantitative estimate of drug-likeness (QED) is 0.876. The summed E-state index contributed by atoms with van der Waals surface area (Å²) in [4.78, 5) is 0. The van der Waals surface area contributed by atoms with Gasteiger partial charge in [0.25, 0.3) is 0 Å². The summed E-state index contributed by atoms with van der Waals surface area (Å²) in [5, 5.41) is 3.88. The summed E-state index contributed by atoms with van der Waals surface area (Å²) in [5.41, 5.74) is 8.03. The van der Waals surface area contributed by atoms with Crippen molar-refractivity contribution in [3.63, 3.8) is 0 Å². The molecule has 1 aromatic heterocycles. The van der Waals surface area contributed by atoms with Gasteiger partial charge < -0.3 is 19.7 Å². The molecule has 0 spiro atoms. The third-order valence-electron chi connectivity index (χ3n) is 2.38. The second-order valence-corrected chi connectivity index (χ2v) is 3.58. The van der Waals surface area contributed by atoms with E-state index in [1.807, 2.05) is 18.2 Å². The summed E-state index contributed by atoms with van der Waals surface area (Å²) in [6.07, 6.45) is 0. The Balaban J connectivity index is 2.45. The first-order valence-corrected chi connectivity index (χ1v) is 5.13. The molecule has 0 fully saturated rings. The van der Waals surface area contributed by atoms with Crippen LogP contribution in [0.25, 0.3) is 11.3 Å². The topological polar surface area (TPSA) is 70.5 Å². The van der Waals surface area contributed by atoms with E-state index in [4.69, 9.17) is 19.7 Å². The molecule has 0 aliphatic rings. The van der Waals surface area contributed by atoms with E-state index in [2.05, 4.69) is 5.16 Å². The maximum atomic E-state index is 5.51. The predicted molar refractivity (Wildman–Crippen MR) is 63.6 cm³/mol. The van der Waals surface area contributed by atoms with Gasteiger partial charge in [-0.05, 0) is 17.7 Å². The number of ether oxygens (including phenoxy) is 2. The molecule has 0 unspecified atom stereocenters. The Bertz CT molecular complexity index is 508. The molecule has 2 aromatic rings. The van der Waals surface area contributed by atoms with Crippen molar-refractivity contribution in [2.75, 3.05) is 20.0 Å². The number of benzene rings is 1. The summed E-state index contributed by atoms with van der Waals surface area (Å²) in [7, 11) is 3.26. The van der Waals surface area contributed by atoms with Crippen LogP contribution >= 0.6 is 0 Å². The van der Waals surface area contributed by atoms with Crippen molar-refractivity contribution in [3.8, 4) is 17.0 Å². The van der Waals surface area contributed by atoms with Gasteiger partial charge in [-0.2, -0.15) is 0 Å². The summed E-state index contributed by atoms with van der Waals surface area (Å²) >= 11 is 0. The fraction of sp³-hybridized carbons (Fsp3) is 0.250. The van der Waals surface area contributed by atoms with Crippen LogP contribution in [0.5, 0.6) is 5.75 Å². The zero-order valence-corrected chi connectivity index (χ0v) is 9.77. The molecule has 0 radical (unpaired) electrons. The van der Waals surface area contributed by atoms with E-state index < -0.39 is 0 Å². The van der Waals surface area contributed by atoms with Crippen molar-refractivity contribution in [1.29, 1.82) is 0 Å². The van der Waals surface area contributed by atoms with Crippen LogP contribution in [-0.2, 0) is 11.3 Å². The Hall–Kier alpha value is -2.01. The van der Waals surface area contributed by atoms with Gasteiger partial charge in [0.1, 0.15) is 11.4 Å². The highest BCUT2D eigenvalue weighted by atomic mass is 16.5. The summed E-state index contributed by atoms with van der Waals surface area (Å²) in [5.74, 6) is 0.998. The van der Waals surface area contributed by atoms with E-state index in [0.717, 1.165) is 16.9 Å². The number of rotatable bonds is 4. The maximum Gasteiger partial charge on any atom is 0.222 e. The minimum Gasteiger partial charge on any atom is -0.496 e. The molecule has 0 bridgehead atoms. The molecule has 0 saturated carbocycles. The van der Waals surface area contributed by atoms with Gasteiger partial charge in [0.05, 0.1) is 13.7 Å². The third kappa shape index (κ3) is 2.39. The van der Waals surface area contributed by atoms with E-state index >= 15 is 0 Å². The lowest BCUT2D eigenvalue weighted by Gasteiger charge is -2.08. The Morgan fingerprint density at radius 3 is 2.71 bits per heavy atom. The van der Waals surface area contributed by atoms with Crippen molar-refractivity contribution < 1.29 is 14.0 Å². The lowest BCUT2D eigenvalue weighted by Crippen LogP contribution is -1.92. The molecule has 1 heterocycles. The number of nitrogens with two attached hydrogens (primary N) is 1. The van der Waals surface area contributed by atoms with Gasteiger partial charge in [-0.1, -0.05) is 11.2 Å². The standard InChI is InChI=1S/C12H14N2O3/c1-15-7-8-3-4-11(16-2)9(5-8)10-6-12(13)17-14-10/h3-6H,7,13H2,1-2H3. The van der Waals surface area contributed by atoms with E-state index in [1.54, 1.807) is 20.3 Å². The lowest BCUT2D eigenvalue weighted by atomic mass is 10.1. The molecular formula is C12H14N2O3. The van der Waals surface area contributed by atoms with Gasteiger partial charge in [-0.15, -0.1) is 0 Å². The third-order valence-corrected chi connectivity index (χ3v) is 2.38. The molecule has 2 N–H and O–H groups in total. The van der Waals surface area contributed by atoms with E-state index in [9.17, 15) is 0 Å². The molecule has 1 aromatic carbocycles. The van der Waals surface area contributed by atoms with Crippen LogP contribution in [0.4, 0.5) is 5.88 Å². The van der Waals surface area contributed by atoms with E-state index in [-0.39, 0.29) is 5.88 Å². The largest absolute Gasteiger partial charge is 0.496 e. The highest BCUT2D eigenvalue weighted by Crippen LogP contribution is 2.31. The molecule has 0 aliphatic carbocycles. The van der Waals surface area contributed by atoms with Crippen molar-refractivity contribution >= 4 is 5.88 Å². The van der Waals surface area contributed by atoms with Crippen LogP contribution in [0.15, 0.2) is 28.8 Å². The zero-order chi connectivity index (χ0) is 12.3. The summed E-state index contributed by atoms with van der Waals surface area (Å²) < 4.78 is 15.2. The number of methoxy groups -OCH3 is 2. The van der Waals surface area contributed by atoms with Gasteiger partial charge in [0.2, 0.25) is 5.88 Å². The Labute approximate surface area is 99.1 Å². The Morgan fingerprint density at radius 2 is 2.12 bits per heavy atom. The van der Waals surface area contributed by atoms with Gasteiger partial charge in [0, 0.05) is 18.7 Å². The van der Waals surface area contributed by atoms with Crippen molar-refractivity contribution in [2.24, 2.45) is 0 Å². The van der Waals surface area contributed by atoms with Gasteiger partial charge >= 0.3 is 0 Å². The van der Waals surface area contributed by atoms with E-state index in [1.165, 1.54) is 0 Å². The fourth-order valence-electron chi connectivity index (χ4n) is 1.63. The highest BCUT2D eigenvalue weighted by molar-refractivity contribution is 5.69. The van der Waals surface area contributed by atoms with Crippen LogP contribution in [-0.4, -0.2) is 19.4 Å². The number of hydrogen-bond acceptors (Lipinski definition) is 5. The molecule has 90 valence electrons. The minimum atomic E-state index is 0.277. The normalized spacial score (nSPS) is 10.5. The van der Waals surface area contributed by atoms with Gasteiger partial charge in [0.15, 0.2) is 0 Å². The molecule has 0 aliphatic heterocycles. The van der Waals surface area contributed by atoms with Crippen LogP contribution in [0.3, 0.4) is 0 Å². The second-order valence-electron chi connectivity index (χ2n) is 3.58. The predicted octanol–water partition coefficient (Wildman–Crippen LogP) is 2.08. The second kappa shape index (κ2) is 4.88. The molecule has 0 amide bonds. The van der Waals surface area contributed by atoms with Crippen LogP contribution in [0.1, 0.15) is 5.56 Å². The molecule has 0 saturated heterocycles. The summed E-state index contributed by atoms with van der Waals surface area (Å²) in [6, 6.07) is 7.41. The van der Waals surface area contributed by atoms with Crippen LogP contribution in [0.2, 0.25) is 0 Å². The molecular weight excluding hydrogens is 220 g/mol. The Kier molecular flexibility index (Phi) is 3.30. The summed E-state index contributed by atoms with van der Waals surface area (Å²) in [6.45, 7) is 0.532. The Morgan fingerprint density at radius 1 is 1.29 bits per heavy atom. The molecule has 5 nitrogen and oxygen atoms in total. The number of nitrogen functional groups attached to an aromatic ring is 1. The average molecular weight is 234 g/mol. The SMILES string of the molecule is COCc1ccc(OC)c(-c2cc(N)on2)c1. The van der Waals surface area contributed by atoms with Gasteiger partial charge in [-0.25, -0.2) is 0 Å². The fourth-order valence-corrected chi connectivity index (χ4v) is 1.63. The van der Waals surface area contributed by atoms with Crippen molar-refractivity contribution in [1.82, 2.24) is 5.16 Å². The van der Waals surface area contributed by atoms with Crippen molar-refractivity contribution in [2.45, 2.75) is 6.61 Å². The number of hydrogen-bond donors (Lipinski definition) is 1. The maximum absolute atomic E-state index is 5.51. The highest BCUT2D eigenvalue weighted by Gasteiger charge is 2.11. The number of aromatic nitrogens is 1. The van der Waals surface area contributed by atoms with Crippen LogP contribution in [0, 0.1) is 0 Å². The van der Waals surface area contributed by atoms with Crippen molar-refractivity contribution in [3.05, 3.63) is 29.8 Å². The smallest absolute Gasteiger partial charge is 0.222 e. The van der Waals surface area contributed by atoms with Gasteiger partial charge in [-0.3, -0.25) is 0 Å². The molecule has 2 rings (SSSR count). The molecule has 5 heteroatoms. The molecule has 0 atom stereocenters. The molecule has 17 heavy (non-hydrogen) atoms. The number of nitrogens with zero attached hydrogens (tertiary/aromatic N) is 1. The lowest BCUT2D eigenvalue weighted by molar-refractivity contribution is 0.185. The average Bonchev–Trinajstić information content (AvgIpc) is 2.76. The van der Waals surface area contributed by atoms with E-state index in [0.29, 0.717) is 12.3 Å². The minimum absolute atomic E-state index is 0.277. The van der Waals surface area contributed by atoms with Crippen LogP contribution < -0.4 is 10.5 Å².